The van der Waals surface area contributed by atoms with Gasteiger partial charge in [0.1, 0.15) is 5.82 Å². The average Bonchev–Trinajstić information content (AvgIpc) is 2.84. The summed E-state index contributed by atoms with van der Waals surface area (Å²) in [5.41, 5.74) is 4.40. The molecule has 3 heteroatoms. The summed E-state index contributed by atoms with van der Waals surface area (Å²) in [6.07, 6.45) is 7.54. The van der Waals surface area contributed by atoms with Crippen LogP contribution in [0.1, 0.15) is 44.6 Å². The second kappa shape index (κ2) is 10.6. The van der Waals surface area contributed by atoms with Gasteiger partial charge in [-0.2, -0.15) is 0 Å². The molecule has 33 heavy (non-hydrogen) atoms. The van der Waals surface area contributed by atoms with Crippen LogP contribution in [-0.4, -0.2) is 7.11 Å². The Morgan fingerprint density at radius 3 is 2.15 bits per heavy atom. The molecule has 0 saturated heterocycles. The maximum absolute atomic E-state index is 15.3. The van der Waals surface area contributed by atoms with E-state index in [9.17, 15) is 4.39 Å². The smallest absolute Gasteiger partial charge is 0.165 e. The van der Waals surface area contributed by atoms with Crippen LogP contribution in [-0.2, 0) is 6.42 Å². The van der Waals surface area contributed by atoms with Crippen LogP contribution in [0.3, 0.4) is 0 Å². The Balaban J connectivity index is 1.54. The van der Waals surface area contributed by atoms with Crippen molar-refractivity contribution in [3.63, 3.8) is 0 Å². The highest BCUT2D eigenvalue weighted by Crippen LogP contribution is 2.33. The van der Waals surface area contributed by atoms with Crippen molar-refractivity contribution in [3.05, 3.63) is 90.0 Å². The molecule has 4 rings (SSSR count). The molecule has 0 radical (unpaired) electrons. The molecule has 0 aromatic heterocycles. The Hall–Kier alpha value is -3.20. The van der Waals surface area contributed by atoms with Gasteiger partial charge >= 0.3 is 0 Å². The van der Waals surface area contributed by atoms with Crippen molar-refractivity contribution < 1.29 is 13.5 Å². The number of hydrogen-bond donors (Lipinski definition) is 0. The van der Waals surface area contributed by atoms with Crippen molar-refractivity contribution >= 4 is 10.8 Å². The van der Waals surface area contributed by atoms with Crippen LogP contribution >= 0.6 is 0 Å². The molecular weight excluding hydrogens is 414 g/mol. The molecule has 0 bridgehead atoms. The minimum Gasteiger partial charge on any atom is -0.494 e. The van der Waals surface area contributed by atoms with E-state index in [0.717, 1.165) is 22.9 Å². The Morgan fingerprint density at radius 2 is 1.42 bits per heavy atom. The largest absolute Gasteiger partial charge is 0.494 e. The van der Waals surface area contributed by atoms with Gasteiger partial charge in [0.2, 0.25) is 0 Å². The molecule has 0 amide bonds. The quantitative estimate of drug-likeness (QED) is 0.234. The zero-order chi connectivity index (χ0) is 23.2. The number of fused-ring (bicyclic) bond motifs is 1. The van der Waals surface area contributed by atoms with E-state index >= 15 is 4.39 Å². The number of benzene rings is 4. The van der Waals surface area contributed by atoms with E-state index in [4.69, 9.17) is 4.74 Å². The van der Waals surface area contributed by atoms with E-state index in [1.54, 1.807) is 12.1 Å². The molecule has 0 aliphatic rings. The maximum Gasteiger partial charge on any atom is 0.165 e. The van der Waals surface area contributed by atoms with Gasteiger partial charge in [0.05, 0.1) is 7.11 Å². The van der Waals surface area contributed by atoms with Crippen molar-refractivity contribution in [3.8, 4) is 28.0 Å². The second-order valence-electron chi connectivity index (χ2n) is 8.57. The van der Waals surface area contributed by atoms with Gasteiger partial charge in [-0.15, -0.1) is 0 Å². The number of aryl methyl sites for hydroxylation is 1. The zero-order valence-corrected chi connectivity index (χ0v) is 19.3. The molecule has 0 aliphatic heterocycles. The minimum atomic E-state index is -0.505. The lowest BCUT2D eigenvalue weighted by Gasteiger charge is -2.10. The first-order chi connectivity index (χ1) is 16.1. The summed E-state index contributed by atoms with van der Waals surface area (Å²) >= 11 is 0. The summed E-state index contributed by atoms with van der Waals surface area (Å²) < 4.78 is 34.4. The summed E-state index contributed by atoms with van der Waals surface area (Å²) in [4.78, 5) is 0. The lowest BCUT2D eigenvalue weighted by Crippen LogP contribution is -1.91. The average molecular weight is 445 g/mol. The number of rotatable bonds is 9. The number of methoxy groups -OCH3 is 1. The fourth-order valence-electron chi connectivity index (χ4n) is 4.32. The Morgan fingerprint density at radius 1 is 0.697 bits per heavy atom. The van der Waals surface area contributed by atoms with Crippen LogP contribution in [0, 0.1) is 11.6 Å². The highest BCUT2D eigenvalue weighted by Gasteiger charge is 2.13. The van der Waals surface area contributed by atoms with Crippen LogP contribution < -0.4 is 4.74 Å². The molecule has 170 valence electrons. The number of hydrogen-bond acceptors (Lipinski definition) is 1. The molecule has 0 spiro atoms. The van der Waals surface area contributed by atoms with Crippen molar-refractivity contribution in [2.45, 2.75) is 45.4 Å². The van der Waals surface area contributed by atoms with E-state index < -0.39 is 5.82 Å². The van der Waals surface area contributed by atoms with E-state index in [0.29, 0.717) is 16.5 Å². The second-order valence-corrected chi connectivity index (χ2v) is 8.57. The molecule has 0 saturated carbocycles. The summed E-state index contributed by atoms with van der Waals surface area (Å²) in [7, 11) is 1.41. The summed E-state index contributed by atoms with van der Waals surface area (Å²) in [5.74, 6) is -0.705. The normalized spacial score (nSPS) is 11.2. The van der Waals surface area contributed by atoms with Gasteiger partial charge in [0, 0.05) is 10.9 Å². The molecule has 0 heterocycles. The minimum absolute atomic E-state index is 0.145. The molecule has 1 nitrogen and oxygen atoms in total. The highest BCUT2D eigenvalue weighted by molar-refractivity contribution is 5.91. The van der Waals surface area contributed by atoms with Gasteiger partial charge in [-0.1, -0.05) is 87.2 Å². The predicted molar refractivity (Wildman–Crippen MR) is 134 cm³/mol. The third-order valence-corrected chi connectivity index (χ3v) is 6.27. The molecule has 4 aromatic carbocycles. The van der Waals surface area contributed by atoms with Crippen molar-refractivity contribution in [1.29, 1.82) is 0 Å². The lowest BCUT2D eigenvalue weighted by atomic mass is 9.96. The van der Waals surface area contributed by atoms with Gasteiger partial charge in [0.15, 0.2) is 11.6 Å². The first kappa shape index (κ1) is 23.0. The molecule has 0 aliphatic carbocycles. The zero-order valence-electron chi connectivity index (χ0n) is 19.3. The topological polar surface area (TPSA) is 9.23 Å². The molecular formula is C30H30F2O. The maximum atomic E-state index is 15.3. The molecule has 0 fully saturated rings. The Kier molecular flexibility index (Phi) is 7.39. The predicted octanol–water partition coefficient (Wildman–Crippen LogP) is 8.97. The van der Waals surface area contributed by atoms with E-state index in [2.05, 4.69) is 31.2 Å². The van der Waals surface area contributed by atoms with Crippen LogP contribution in [0.5, 0.6) is 5.75 Å². The van der Waals surface area contributed by atoms with Gasteiger partial charge < -0.3 is 4.74 Å². The summed E-state index contributed by atoms with van der Waals surface area (Å²) in [6.45, 7) is 2.24. The van der Waals surface area contributed by atoms with E-state index in [1.165, 1.54) is 56.9 Å². The molecule has 0 N–H and O–H groups in total. The third-order valence-electron chi connectivity index (χ3n) is 6.27. The van der Waals surface area contributed by atoms with Crippen LogP contribution in [0.2, 0.25) is 0 Å². The first-order valence-corrected chi connectivity index (χ1v) is 11.8. The van der Waals surface area contributed by atoms with Crippen LogP contribution in [0.4, 0.5) is 8.78 Å². The lowest BCUT2D eigenvalue weighted by molar-refractivity contribution is 0.386. The Bertz CT molecular complexity index is 1230. The fourth-order valence-corrected chi connectivity index (χ4v) is 4.32. The number of halogens is 2. The van der Waals surface area contributed by atoms with Gasteiger partial charge in [-0.25, -0.2) is 8.78 Å². The summed E-state index contributed by atoms with van der Waals surface area (Å²) in [5, 5.41) is 1.35. The van der Waals surface area contributed by atoms with Gasteiger partial charge in [0.25, 0.3) is 0 Å². The van der Waals surface area contributed by atoms with Gasteiger partial charge in [-0.3, -0.25) is 0 Å². The van der Waals surface area contributed by atoms with Crippen LogP contribution in [0.15, 0.2) is 72.8 Å². The van der Waals surface area contributed by atoms with E-state index in [1.807, 2.05) is 24.3 Å². The van der Waals surface area contributed by atoms with Crippen molar-refractivity contribution in [1.82, 2.24) is 0 Å². The molecule has 0 atom stereocenters. The van der Waals surface area contributed by atoms with Crippen molar-refractivity contribution in [2.24, 2.45) is 0 Å². The molecule has 0 unspecified atom stereocenters. The number of unbranched alkanes of at least 4 members (excludes halogenated alkanes) is 4. The number of ether oxygens (including phenoxy) is 1. The standard InChI is InChI=1S/C30H30F2O/c1-3-4-5-6-7-8-21-9-11-22(12-10-21)23-13-16-26-24(19-23)14-17-27(30(26)32)25-15-18-29(33-2)28(31)20-25/h9-20H,3-8H2,1-2H3. The monoisotopic (exact) mass is 444 g/mol. The fraction of sp³-hybridized carbons (Fsp3) is 0.267. The van der Waals surface area contributed by atoms with Crippen LogP contribution in [0.25, 0.3) is 33.0 Å². The third kappa shape index (κ3) is 5.24. The Labute approximate surface area is 195 Å². The summed E-state index contributed by atoms with van der Waals surface area (Å²) in [6, 6.07) is 22.6. The SMILES string of the molecule is CCCCCCCc1ccc(-c2ccc3c(F)c(-c4ccc(OC)c(F)c4)ccc3c2)cc1. The highest BCUT2D eigenvalue weighted by atomic mass is 19.1. The van der Waals surface area contributed by atoms with E-state index in [-0.39, 0.29) is 11.6 Å². The van der Waals surface area contributed by atoms with Crippen molar-refractivity contribution in [2.75, 3.05) is 7.11 Å². The first-order valence-electron chi connectivity index (χ1n) is 11.8. The van der Waals surface area contributed by atoms with Gasteiger partial charge in [-0.05, 0) is 58.7 Å². The molecule has 4 aromatic rings.